The number of benzene rings is 1. The Kier molecular flexibility index (Phi) is 10.7. The van der Waals surface area contributed by atoms with Gasteiger partial charge in [0.1, 0.15) is 11.4 Å². The number of nitrogens with zero attached hydrogens (tertiary/aromatic N) is 3. The molecule has 1 aromatic carbocycles. The summed E-state index contributed by atoms with van der Waals surface area (Å²) in [5, 5.41) is 9.88. The number of aromatic nitrogens is 2. The average Bonchev–Trinajstić information content (AvgIpc) is 3.07. The van der Waals surface area contributed by atoms with Gasteiger partial charge < -0.3 is 19.9 Å². The van der Waals surface area contributed by atoms with Gasteiger partial charge in [-0.2, -0.15) is 18.2 Å². The van der Waals surface area contributed by atoms with Crippen LogP contribution < -0.4 is 15.4 Å². The molecule has 0 aliphatic rings. The van der Waals surface area contributed by atoms with E-state index in [1.807, 2.05) is 6.92 Å². The second kappa shape index (κ2) is 12.3. The molecule has 0 saturated heterocycles. The highest BCUT2D eigenvalue weighted by Gasteiger charge is 2.34. The number of ether oxygens (including phenoxy) is 1. The van der Waals surface area contributed by atoms with Gasteiger partial charge in [0.15, 0.2) is 11.8 Å². The van der Waals surface area contributed by atoms with Gasteiger partial charge in [-0.3, -0.25) is 0 Å². The van der Waals surface area contributed by atoms with Crippen molar-refractivity contribution in [1.29, 1.82) is 0 Å². The highest BCUT2D eigenvalue weighted by molar-refractivity contribution is 14.0. The van der Waals surface area contributed by atoms with Gasteiger partial charge in [-0.1, -0.05) is 11.2 Å². The van der Waals surface area contributed by atoms with Gasteiger partial charge in [-0.05, 0) is 58.7 Å². The van der Waals surface area contributed by atoms with Crippen molar-refractivity contribution < 1.29 is 22.4 Å². The van der Waals surface area contributed by atoms with E-state index in [2.05, 4.69) is 25.8 Å². The van der Waals surface area contributed by atoms with Gasteiger partial charge in [-0.25, -0.2) is 4.99 Å². The quantitative estimate of drug-likeness (QED) is 0.204. The number of aryl methyl sites for hydroxylation is 2. The lowest BCUT2D eigenvalue weighted by molar-refractivity contribution is -0.138. The summed E-state index contributed by atoms with van der Waals surface area (Å²) in [6.45, 7) is 10.0. The molecular formula is C21H31F3IN5O2. The van der Waals surface area contributed by atoms with Crippen LogP contribution in [0.1, 0.15) is 57.0 Å². The lowest BCUT2D eigenvalue weighted by Crippen LogP contribution is -2.37. The van der Waals surface area contributed by atoms with Gasteiger partial charge in [0, 0.05) is 19.5 Å². The predicted molar refractivity (Wildman–Crippen MR) is 127 cm³/mol. The summed E-state index contributed by atoms with van der Waals surface area (Å²) in [5.41, 5.74) is -1.27. The maximum Gasteiger partial charge on any atom is 0.416 e. The number of halogens is 4. The fourth-order valence-electron chi connectivity index (χ4n) is 2.77. The second-order valence-corrected chi connectivity index (χ2v) is 7.99. The van der Waals surface area contributed by atoms with E-state index in [0.717, 1.165) is 6.07 Å². The van der Waals surface area contributed by atoms with E-state index < -0.39 is 17.3 Å². The van der Waals surface area contributed by atoms with Crippen molar-refractivity contribution in [3.05, 3.63) is 41.0 Å². The zero-order valence-corrected chi connectivity index (χ0v) is 21.3. The van der Waals surface area contributed by atoms with Crippen molar-refractivity contribution in [1.82, 2.24) is 20.8 Å². The summed E-state index contributed by atoms with van der Waals surface area (Å²) in [7, 11) is 0. The molecule has 32 heavy (non-hydrogen) atoms. The molecule has 0 atom stereocenters. The largest absolute Gasteiger partial charge is 0.488 e. The molecule has 0 aliphatic carbocycles. The Bertz CT molecular complexity index is 879. The van der Waals surface area contributed by atoms with E-state index in [0.29, 0.717) is 43.6 Å². The molecule has 2 aromatic rings. The highest BCUT2D eigenvalue weighted by atomic mass is 127. The first kappa shape index (κ1) is 28.0. The molecule has 0 amide bonds. The molecular weight excluding hydrogens is 538 g/mol. The monoisotopic (exact) mass is 569 g/mol. The van der Waals surface area contributed by atoms with E-state index in [1.165, 1.54) is 12.1 Å². The van der Waals surface area contributed by atoms with Crippen LogP contribution >= 0.6 is 24.0 Å². The molecule has 2 N–H and O–H groups in total. The van der Waals surface area contributed by atoms with Crippen molar-refractivity contribution in [2.75, 3.05) is 13.1 Å². The Hall–Kier alpha value is -2.05. The summed E-state index contributed by atoms with van der Waals surface area (Å²) in [4.78, 5) is 8.45. The minimum Gasteiger partial charge on any atom is -0.488 e. The van der Waals surface area contributed by atoms with Gasteiger partial charge in [0.05, 0.1) is 12.1 Å². The number of hydrogen-bond acceptors (Lipinski definition) is 5. The summed E-state index contributed by atoms with van der Waals surface area (Å²) in [6, 6.07) is 3.98. The minimum absolute atomic E-state index is 0. The summed E-state index contributed by atoms with van der Waals surface area (Å²) in [6.07, 6.45) is -3.20. The number of alkyl halides is 3. The third kappa shape index (κ3) is 9.61. The van der Waals surface area contributed by atoms with Crippen LogP contribution in [0.5, 0.6) is 5.75 Å². The summed E-state index contributed by atoms with van der Waals surface area (Å²) < 4.78 is 51.4. The first-order chi connectivity index (χ1) is 14.5. The first-order valence-corrected chi connectivity index (χ1v) is 10.2. The molecule has 1 aromatic heterocycles. The van der Waals surface area contributed by atoms with Crippen LogP contribution in [0.3, 0.4) is 0 Å². The first-order valence-electron chi connectivity index (χ1n) is 10.2. The molecule has 2 rings (SSSR count). The SMILES string of the molecule is CCNC(=NCc1ccc(OC(C)(C)C)cc1C(F)(F)F)NCCCc1nc(C)no1.I. The third-order valence-corrected chi connectivity index (χ3v) is 3.99. The smallest absolute Gasteiger partial charge is 0.416 e. The molecule has 0 aliphatic heterocycles. The fourth-order valence-corrected chi connectivity index (χ4v) is 2.77. The number of guanidine groups is 1. The molecule has 0 spiro atoms. The number of hydrogen-bond donors (Lipinski definition) is 2. The van der Waals surface area contributed by atoms with Crippen molar-refractivity contribution in [2.45, 2.75) is 65.8 Å². The molecule has 180 valence electrons. The van der Waals surface area contributed by atoms with Crippen molar-refractivity contribution in [3.8, 4) is 5.75 Å². The maximum atomic E-state index is 13.6. The van der Waals surface area contributed by atoms with Gasteiger partial charge in [0.25, 0.3) is 0 Å². The number of nitrogens with one attached hydrogen (secondary N) is 2. The highest BCUT2D eigenvalue weighted by Crippen LogP contribution is 2.35. The van der Waals surface area contributed by atoms with Crippen molar-refractivity contribution in [2.24, 2.45) is 4.99 Å². The molecule has 0 bridgehead atoms. The van der Waals surface area contributed by atoms with Crippen LogP contribution in [0, 0.1) is 6.92 Å². The minimum atomic E-state index is -4.50. The Labute approximate surface area is 203 Å². The summed E-state index contributed by atoms with van der Waals surface area (Å²) >= 11 is 0. The van der Waals surface area contributed by atoms with Crippen molar-refractivity contribution in [3.63, 3.8) is 0 Å². The Balaban J connectivity index is 0.00000512. The van der Waals surface area contributed by atoms with Crippen LogP contribution in [-0.4, -0.2) is 34.8 Å². The molecule has 0 radical (unpaired) electrons. The van der Waals surface area contributed by atoms with Crippen LogP contribution in [-0.2, 0) is 19.1 Å². The molecule has 11 heteroatoms. The van der Waals surface area contributed by atoms with Crippen LogP contribution in [0.15, 0.2) is 27.7 Å². The Morgan fingerprint density at radius 1 is 1.19 bits per heavy atom. The van der Waals surface area contributed by atoms with Gasteiger partial charge >= 0.3 is 6.18 Å². The van der Waals surface area contributed by atoms with E-state index >= 15 is 0 Å². The van der Waals surface area contributed by atoms with Crippen LogP contribution in [0.25, 0.3) is 0 Å². The Morgan fingerprint density at radius 3 is 2.47 bits per heavy atom. The van der Waals surface area contributed by atoms with Crippen LogP contribution in [0.4, 0.5) is 13.2 Å². The third-order valence-electron chi connectivity index (χ3n) is 3.99. The van der Waals surface area contributed by atoms with E-state index in [9.17, 15) is 13.2 Å². The lowest BCUT2D eigenvalue weighted by atomic mass is 10.1. The second-order valence-electron chi connectivity index (χ2n) is 7.99. The molecule has 7 nitrogen and oxygen atoms in total. The molecule has 0 fully saturated rings. The fraction of sp³-hybridized carbons (Fsp3) is 0.571. The number of rotatable bonds is 8. The molecule has 0 saturated carbocycles. The maximum absolute atomic E-state index is 13.6. The zero-order chi connectivity index (χ0) is 23.1. The standard InChI is InChI=1S/C21H30F3N5O2.HI/c1-6-25-19(26-11-7-8-18-28-14(2)29-31-18)27-13-15-9-10-16(30-20(3,4)5)12-17(15)21(22,23)24;/h9-10,12H,6-8,11,13H2,1-5H3,(H2,25,26,27);1H. The average molecular weight is 569 g/mol. The van der Waals surface area contributed by atoms with Crippen molar-refractivity contribution >= 4 is 29.9 Å². The normalized spacial score (nSPS) is 12.3. The van der Waals surface area contributed by atoms with E-state index in [1.54, 1.807) is 27.7 Å². The predicted octanol–water partition coefficient (Wildman–Crippen LogP) is 4.88. The van der Waals surface area contributed by atoms with E-state index in [-0.39, 0.29) is 41.8 Å². The molecule has 1 heterocycles. The number of aliphatic imine (C=N–C) groups is 1. The molecule has 0 unspecified atom stereocenters. The van der Waals surface area contributed by atoms with Gasteiger partial charge in [0.2, 0.25) is 5.89 Å². The summed E-state index contributed by atoms with van der Waals surface area (Å²) in [5.74, 6) is 1.74. The van der Waals surface area contributed by atoms with E-state index in [4.69, 9.17) is 9.26 Å². The van der Waals surface area contributed by atoms with Gasteiger partial charge in [-0.15, -0.1) is 24.0 Å². The lowest BCUT2D eigenvalue weighted by Gasteiger charge is -2.22. The topological polar surface area (TPSA) is 84.6 Å². The van der Waals surface area contributed by atoms with Crippen LogP contribution in [0.2, 0.25) is 0 Å². The Morgan fingerprint density at radius 2 is 1.91 bits per heavy atom. The zero-order valence-electron chi connectivity index (χ0n) is 19.0.